The Morgan fingerprint density at radius 1 is 1.11 bits per heavy atom. The number of aryl methyl sites for hydroxylation is 2. The summed E-state index contributed by atoms with van der Waals surface area (Å²) in [6.07, 6.45) is 0. The van der Waals surface area contributed by atoms with Crippen molar-refractivity contribution in [3.05, 3.63) is 58.1 Å². The second kappa shape index (κ2) is 5.32. The normalized spacial score (nSPS) is 10.4. The summed E-state index contributed by atoms with van der Waals surface area (Å²) in [5, 5.41) is 4.01. The molecule has 2 aromatic carbocycles. The lowest BCUT2D eigenvalue weighted by atomic mass is 10.1. The third-order valence-electron chi connectivity index (χ3n) is 2.98. The number of anilines is 2. The van der Waals surface area contributed by atoms with Crippen molar-refractivity contribution >= 4 is 23.0 Å². The standard InChI is InChI=1S/C15H17ClN2/c1-10-3-4-12(11(2)7-10)9-18-15-8-13(16)5-6-14(15)17/h3-8,18H,9,17H2,1-2H3. The Morgan fingerprint density at radius 3 is 2.61 bits per heavy atom. The minimum Gasteiger partial charge on any atom is -0.397 e. The fourth-order valence-electron chi connectivity index (χ4n) is 1.92. The maximum Gasteiger partial charge on any atom is 0.0591 e. The van der Waals surface area contributed by atoms with Gasteiger partial charge in [0.2, 0.25) is 0 Å². The van der Waals surface area contributed by atoms with Gasteiger partial charge in [0.25, 0.3) is 0 Å². The van der Waals surface area contributed by atoms with Gasteiger partial charge in [-0.2, -0.15) is 0 Å². The summed E-state index contributed by atoms with van der Waals surface area (Å²) in [6.45, 7) is 4.96. The van der Waals surface area contributed by atoms with Crippen molar-refractivity contribution in [1.82, 2.24) is 0 Å². The van der Waals surface area contributed by atoms with Crippen LogP contribution in [-0.2, 0) is 6.54 Å². The Balaban J connectivity index is 2.13. The molecular weight excluding hydrogens is 244 g/mol. The quantitative estimate of drug-likeness (QED) is 0.814. The number of hydrogen-bond donors (Lipinski definition) is 2. The summed E-state index contributed by atoms with van der Waals surface area (Å²) in [4.78, 5) is 0. The van der Waals surface area contributed by atoms with Crippen LogP contribution in [0.5, 0.6) is 0 Å². The number of nitrogen functional groups attached to an aromatic ring is 1. The van der Waals surface area contributed by atoms with Crippen molar-refractivity contribution in [2.45, 2.75) is 20.4 Å². The van der Waals surface area contributed by atoms with Crippen LogP contribution in [0, 0.1) is 13.8 Å². The van der Waals surface area contributed by atoms with E-state index < -0.39 is 0 Å². The van der Waals surface area contributed by atoms with E-state index in [0.717, 1.165) is 12.2 Å². The smallest absolute Gasteiger partial charge is 0.0591 e. The van der Waals surface area contributed by atoms with Gasteiger partial charge >= 0.3 is 0 Å². The van der Waals surface area contributed by atoms with Crippen LogP contribution in [0.1, 0.15) is 16.7 Å². The second-order valence-corrected chi connectivity index (χ2v) is 4.95. The third kappa shape index (κ3) is 2.96. The molecule has 0 unspecified atom stereocenters. The van der Waals surface area contributed by atoms with Crippen LogP contribution < -0.4 is 11.1 Å². The van der Waals surface area contributed by atoms with E-state index in [0.29, 0.717) is 10.7 Å². The predicted octanol–water partition coefficient (Wildman–Crippen LogP) is 4.15. The molecule has 0 heterocycles. The molecular formula is C15H17ClN2. The average Bonchev–Trinajstić information content (AvgIpc) is 2.32. The zero-order valence-electron chi connectivity index (χ0n) is 10.6. The molecule has 94 valence electrons. The largest absolute Gasteiger partial charge is 0.397 e. The van der Waals surface area contributed by atoms with E-state index in [9.17, 15) is 0 Å². The van der Waals surface area contributed by atoms with Gasteiger partial charge in [0.1, 0.15) is 0 Å². The highest BCUT2D eigenvalue weighted by Gasteiger charge is 2.02. The number of nitrogens with two attached hydrogens (primary N) is 1. The molecule has 0 amide bonds. The SMILES string of the molecule is Cc1ccc(CNc2cc(Cl)ccc2N)c(C)c1. The van der Waals surface area contributed by atoms with Crippen molar-refractivity contribution in [1.29, 1.82) is 0 Å². The highest BCUT2D eigenvalue weighted by atomic mass is 35.5. The summed E-state index contributed by atoms with van der Waals surface area (Å²) in [6, 6.07) is 11.9. The molecule has 0 fully saturated rings. The first-order valence-corrected chi connectivity index (χ1v) is 6.29. The van der Waals surface area contributed by atoms with Gasteiger partial charge < -0.3 is 11.1 Å². The molecule has 0 saturated carbocycles. The molecule has 0 bridgehead atoms. The van der Waals surface area contributed by atoms with Gasteiger partial charge in [0.15, 0.2) is 0 Å². The van der Waals surface area contributed by atoms with Gasteiger partial charge in [-0.25, -0.2) is 0 Å². The lowest BCUT2D eigenvalue weighted by Gasteiger charge is -2.12. The summed E-state index contributed by atoms with van der Waals surface area (Å²) >= 11 is 5.96. The number of nitrogens with one attached hydrogen (secondary N) is 1. The molecule has 2 aromatic rings. The Kier molecular flexibility index (Phi) is 3.78. The zero-order chi connectivity index (χ0) is 13.1. The van der Waals surface area contributed by atoms with Gasteiger partial charge in [-0.3, -0.25) is 0 Å². The lowest BCUT2D eigenvalue weighted by Crippen LogP contribution is -2.04. The van der Waals surface area contributed by atoms with Crippen LogP contribution in [0.25, 0.3) is 0 Å². The van der Waals surface area contributed by atoms with Gasteiger partial charge in [-0.1, -0.05) is 35.4 Å². The van der Waals surface area contributed by atoms with Crippen LogP contribution in [0.3, 0.4) is 0 Å². The molecule has 3 N–H and O–H groups in total. The molecule has 18 heavy (non-hydrogen) atoms. The highest BCUT2D eigenvalue weighted by molar-refractivity contribution is 6.31. The van der Waals surface area contributed by atoms with E-state index in [1.54, 1.807) is 6.07 Å². The maximum absolute atomic E-state index is 5.96. The van der Waals surface area contributed by atoms with E-state index in [1.807, 2.05) is 12.1 Å². The van der Waals surface area contributed by atoms with Crippen LogP contribution in [-0.4, -0.2) is 0 Å². The molecule has 0 aliphatic rings. The van der Waals surface area contributed by atoms with Crippen molar-refractivity contribution in [3.8, 4) is 0 Å². The number of hydrogen-bond acceptors (Lipinski definition) is 2. The van der Waals surface area contributed by atoms with Crippen LogP contribution in [0.2, 0.25) is 5.02 Å². The molecule has 0 aliphatic carbocycles. The fourth-order valence-corrected chi connectivity index (χ4v) is 2.09. The second-order valence-electron chi connectivity index (χ2n) is 4.52. The highest BCUT2D eigenvalue weighted by Crippen LogP contribution is 2.24. The lowest BCUT2D eigenvalue weighted by molar-refractivity contribution is 1.11. The van der Waals surface area contributed by atoms with Gasteiger partial charge in [0.05, 0.1) is 11.4 Å². The predicted molar refractivity (Wildman–Crippen MR) is 79.1 cm³/mol. The van der Waals surface area contributed by atoms with Gasteiger partial charge in [-0.05, 0) is 43.2 Å². The van der Waals surface area contributed by atoms with Crippen LogP contribution in [0.15, 0.2) is 36.4 Å². The summed E-state index contributed by atoms with van der Waals surface area (Å²) in [5.41, 5.74) is 11.3. The molecule has 2 nitrogen and oxygen atoms in total. The average molecular weight is 261 g/mol. The van der Waals surface area contributed by atoms with Crippen molar-refractivity contribution in [3.63, 3.8) is 0 Å². The summed E-state index contributed by atoms with van der Waals surface area (Å²) in [5.74, 6) is 0. The number of rotatable bonds is 3. The minimum atomic E-state index is 0.687. The molecule has 0 aromatic heterocycles. The topological polar surface area (TPSA) is 38.0 Å². The summed E-state index contributed by atoms with van der Waals surface area (Å²) in [7, 11) is 0. The van der Waals surface area contributed by atoms with Gasteiger partial charge in [-0.15, -0.1) is 0 Å². The van der Waals surface area contributed by atoms with E-state index in [2.05, 4.69) is 37.4 Å². The monoisotopic (exact) mass is 260 g/mol. The Bertz CT molecular complexity index is 564. The Hall–Kier alpha value is -1.67. The third-order valence-corrected chi connectivity index (χ3v) is 3.22. The first-order valence-electron chi connectivity index (χ1n) is 5.91. The van der Waals surface area contributed by atoms with E-state index >= 15 is 0 Å². The van der Waals surface area contributed by atoms with Gasteiger partial charge in [0, 0.05) is 11.6 Å². The van der Waals surface area contributed by atoms with E-state index in [1.165, 1.54) is 16.7 Å². The Labute approximate surface area is 113 Å². The molecule has 0 spiro atoms. The van der Waals surface area contributed by atoms with Crippen molar-refractivity contribution in [2.75, 3.05) is 11.1 Å². The molecule has 0 aliphatic heterocycles. The maximum atomic E-state index is 5.96. The number of benzene rings is 2. The van der Waals surface area contributed by atoms with E-state index in [4.69, 9.17) is 17.3 Å². The molecule has 0 atom stereocenters. The molecule has 3 heteroatoms. The van der Waals surface area contributed by atoms with Crippen molar-refractivity contribution < 1.29 is 0 Å². The first-order chi connectivity index (χ1) is 8.56. The molecule has 0 saturated heterocycles. The van der Waals surface area contributed by atoms with E-state index in [-0.39, 0.29) is 0 Å². The fraction of sp³-hybridized carbons (Fsp3) is 0.200. The van der Waals surface area contributed by atoms with Crippen LogP contribution in [0.4, 0.5) is 11.4 Å². The van der Waals surface area contributed by atoms with Crippen molar-refractivity contribution in [2.24, 2.45) is 0 Å². The molecule has 2 rings (SSSR count). The first kappa shape index (κ1) is 12.8. The minimum absolute atomic E-state index is 0.687. The number of halogens is 1. The zero-order valence-corrected chi connectivity index (χ0v) is 11.4. The Morgan fingerprint density at radius 2 is 1.89 bits per heavy atom. The summed E-state index contributed by atoms with van der Waals surface area (Å²) < 4.78 is 0. The molecule has 0 radical (unpaired) electrons. The van der Waals surface area contributed by atoms with Crippen LogP contribution >= 0.6 is 11.6 Å².